The maximum atomic E-state index is 11.9. The van der Waals surface area contributed by atoms with Crippen molar-refractivity contribution < 1.29 is 18.3 Å². The number of carbonyl (C=O) groups is 1. The van der Waals surface area contributed by atoms with Crippen LogP contribution in [0.4, 0.5) is 0 Å². The number of carboxylic acids is 1. The lowest BCUT2D eigenvalue weighted by Gasteiger charge is -2.10. The Morgan fingerprint density at radius 2 is 2.06 bits per heavy atom. The summed E-state index contributed by atoms with van der Waals surface area (Å²) in [7, 11) is -3.52. The van der Waals surface area contributed by atoms with Gasteiger partial charge in [-0.15, -0.1) is 0 Å². The van der Waals surface area contributed by atoms with Crippen molar-refractivity contribution in [1.29, 1.82) is 0 Å². The zero-order chi connectivity index (χ0) is 13.8. The van der Waals surface area contributed by atoms with Crippen molar-refractivity contribution in [2.45, 2.75) is 37.6 Å². The van der Waals surface area contributed by atoms with Crippen LogP contribution in [0.15, 0.2) is 29.2 Å². The van der Waals surface area contributed by atoms with E-state index in [9.17, 15) is 13.2 Å². The lowest BCUT2D eigenvalue weighted by atomic mass is 10.1. The quantitative estimate of drug-likeness (QED) is 0.819. The van der Waals surface area contributed by atoms with Crippen molar-refractivity contribution in [2.75, 3.05) is 0 Å². The Morgan fingerprint density at radius 3 is 2.61 bits per heavy atom. The summed E-state index contributed by atoms with van der Waals surface area (Å²) >= 11 is 0. The summed E-state index contributed by atoms with van der Waals surface area (Å²) in [5, 5.41) is 8.59. The summed E-state index contributed by atoms with van der Waals surface area (Å²) in [6, 6.07) is 6.16. The molecule has 0 aliphatic rings. The fourth-order valence-electron chi connectivity index (χ4n) is 1.50. The molecule has 100 valence electrons. The lowest BCUT2D eigenvalue weighted by Crippen LogP contribution is -2.30. The first-order valence-corrected chi connectivity index (χ1v) is 7.12. The van der Waals surface area contributed by atoms with Gasteiger partial charge < -0.3 is 5.11 Å². The molecule has 5 nitrogen and oxygen atoms in total. The van der Waals surface area contributed by atoms with E-state index in [-0.39, 0.29) is 17.4 Å². The van der Waals surface area contributed by atoms with Crippen LogP contribution in [0.1, 0.15) is 25.8 Å². The van der Waals surface area contributed by atoms with E-state index in [0.717, 1.165) is 0 Å². The van der Waals surface area contributed by atoms with Gasteiger partial charge in [-0.3, -0.25) is 4.79 Å². The second kappa shape index (κ2) is 5.97. The first kappa shape index (κ1) is 14.7. The summed E-state index contributed by atoms with van der Waals surface area (Å²) in [5.41, 5.74) is 0.698. The van der Waals surface area contributed by atoms with Gasteiger partial charge >= 0.3 is 5.97 Å². The molecule has 0 aliphatic heterocycles. The Bertz CT molecular complexity index is 523. The molecular weight excluding hydrogens is 254 g/mol. The van der Waals surface area contributed by atoms with E-state index in [0.29, 0.717) is 12.0 Å². The summed E-state index contributed by atoms with van der Waals surface area (Å²) in [6.45, 7) is 3.48. The second-order valence-electron chi connectivity index (χ2n) is 4.32. The number of aliphatic carboxylic acids is 1. The van der Waals surface area contributed by atoms with Gasteiger partial charge in [-0.1, -0.05) is 12.1 Å². The molecule has 1 aromatic rings. The molecule has 1 aromatic carbocycles. The zero-order valence-electron chi connectivity index (χ0n) is 10.4. The summed E-state index contributed by atoms with van der Waals surface area (Å²) < 4.78 is 26.3. The monoisotopic (exact) mass is 271 g/mol. The third kappa shape index (κ3) is 4.46. The van der Waals surface area contributed by atoms with E-state index in [2.05, 4.69) is 4.72 Å². The van der Waals surface area contributed by atoms with Gasteiger partial charge in [-0.25, -0.2) is 13.1 Å². The first-order chi connectivity index (χ1) is 8.31. The van der Waals surface area contributed by atoms with Gasteiger partial charge in [-0.05, 0) is 38.0 Å². The SMILES string of the molecule is CC(C)NS(=O)(=O)c1cccc(CCC(=O)O)c1. The highest BCUT2D eigenvalue weighted by atomic mass is 32.2. The van der Waals surface area contributed by atoms with Gasteiger partial charge in [0.2, 0.25) is 10.0 Å². The summed E-state index contributed by atoms with van der Waals surface area (Å²) in [5.74, 6) is -0.899. The van der Waals surface area contributed by atoms with Crippen molar-refractivity contribution in [3.63, 3.8) is 0 Å². The number of rotatable bonds is 6. The predicted molar refractivity (Wildman–Crippen MR) is 67.9 cm³/mol. The number of hydrogen-bond acceptors (Lipinski definition) is 3. The molecule has 0 atom stereocenters. The molecule has 2 N–H and O–H groups in total. The number of hydrogen-bond donors (Lipinski definition) is 2. The molecule has 0 amide bonds. The minimum Gasteiger partial charge on any atom is -0.481 e. The standard InChI is InChI=1S/C12H17NO4S/c1-9(2)13-18(16,17)11-5-3-4-10(8-11)6-7-12(14)15/h3-5,8-9,13H,6-7H2,1-2H3,(H,14,15). The fraction of sp³-hybridized carbons (Fsp3) is 0.417. The van der Waals surface area contributed by atoms with Gasteiger partial charge in [0, 0.05) is 12.5 Å². The number of carboxylic acid groups (broad SMARTS) is 1. The molecule has 0 aromatic heterocycles. The number of sulfonamides is 1. The van der Waals surface area contributed by atoms with Crippen molar-refractivity contribution in [1.82, 2.24) is 4.72 Å². The highest BCUT2D eigenvalue weighted by molar-refractivity contribution is 7.89. The zero-order valence-corrected chi connectivity index (χ0v) is 11.2. The van der Waals surface area contributed by atoms with Crippen molar-refractivity contribution >= 4 is 16.0 Å². The molecule has 0 heterocycles. The van der Waals surface area contributed by atoms with Crippen LogP contribution in [0.5, 0.6) is 0 Å². The molecule has 0 fully saturated rings. The van der Waals surface area contributed by atoms with Gasteiger partial charge in [0.1, 0.15) is 0 Å². The average Bonchev–Trinajstić information content (AvgIpc) is 2.25. The molecular formula is C12H17NO4S. The molecule has 6 heteroatoms. The normalized spacial score (nSPS) is 11.7. The maximum absolute atomic E-state index is 11.9. The third-order valence-electron chi connectivity index (χ3n) is 2.23. The van der Waals surface area contributed by atoms with Crippen LogP contribution in [-0.4, -0.2) is 25.5 Å². The van der Waals surface area contributed by atoms with Crippen LogP contribution in [0.2, 0.25) is 0 Å². The van der Waals surface area contributed by atoms with E-state index in [4.69, 9.17) is 5.11 Å². The minimum absolute atomic E-state index is 0.0128. The highest BCUT2D eigenvalue weighted by Gasteiger charge is 2.15. The molecule has 0 unspecified atom stereocenters. The van der Waals surface area contributed by atoms with Crippen LogP contribution >= 0.6 is 0 Å². The summed E-state index contributed by atoms with van der Waals surface area (Å²) in [6.07, 6.45) is 0.307. The Balaban J connectivity index is 2.91. The Kier molecular flexibility index (Phi) is 4.86. The van der Waals surface area contributed by atoms with Crippen LogP contribution in [-0.2, 0) is 21.2 Å². The molecule has 1 rings (SSSR count). The van der Waals surface area contributed by atoms with Crippen molar-refractivity contribution in [3.05, 3.63) is 29.8 Å². The lowest BCUT2D eigenvalue weighted by molar-refractivity contribution is -0.136. The van der Waals surface area contributed by atoms with Gasteiger partial charge in [0.15, 0.2) is 0 Å². The van der Waals surface area contributed by atoms with E-state index in [1.54, 1.807) is 26.0 Å². The van der Waals surface area contributed by atoms with Crippen LogP contribution < -0.4 is 4.72 Å². The van der Waals surface area contributed by atoms with E-state index >= 15 is 0 Å². The Labute approximate surface area is 107 Å². The second-order valence-corrected chi connectivity index (χ2v) is 6.03. The van der Waals surface area contributed by atoms with Gasteiger partial charge in [-0.2, -0.15) is 0 Å². The smallest absolute Gasteiger partial charge is 0.303 e. The molecule has 0 aliphatic carbocycles. The minimum atomic E-state index is -3.52. The molecule has 0 saturated carbocycles. The number of aryl methyl sites for hydroxylation is 1. The maximum Gasteiger partial charge on any atom is 0.303 e. The highest BCUT2D eigenvalue weighted by Crippen LogP contribution is 2.13. The van der Waals surface area contributed by atoms with E-state index in [1.165, 1.54) is 12.1 Å². The largest absolute Gasteiger partial charge is 0.481 e. The average molecular weight is 271 g/mol. The van der Waals surface area contributed by atoms with Crippen molar-refractivity contribution in [3.8, 4) is 0 Å². The topological polar surface area (TPSA) is 83.5 Å². The van der Waals surface area contributed by atoms with Gasteiger partial charge in [0.05, 0.1) is 4.90 Å². The van der Waals surface area contributed by atoms with Crippen LogP contribution in [0, 0.1) is 0 Å². The molecule has 18 heavy (non-hydrogen) atoms. The molecule has 0 spiro atoms. The summed E-state index contributed by atoms with van der Waals surface area (Å²) in [4.78, 5) is 10.6. The van der Waals surface area contributed by atoms with Gasteiger partial charge in [0.25, 0.3) is 0 Å². The van der Waals surface area contributed by atoms with Crippen LogP contribution in [0.3, 0.4) is 0 Å². The third-order valence-corrected chi connectivity index (χ3v) is 3.88. The molecule has 0 bridgehead atoms. The number of nitrogens with one attached hydrogen (secondary N) is 1. The van der Waals surface area contributed by atoms with E-state index < -0.39 is 16.0 Å². The predicted octanol–water partition coefficient (Wildman–Crippen LogP) is 1.39. The van der Waals surface area contributed by atoms with Crippen molar-refractivity contribution in [2.24, 2.45) is 0 Å². The Hall–Kier alpha value is -1.40. The fourth-order valence-corrected chi connectivity index (χ4v) is 2.82. The van der Waals surface area contributed by atoms with E-state index in [1.807, 2.05) is 0 Å². The first-order valence-electron chi connectivity index (χ1n) is 5.64. The van der Waals surface area contributed by atoms with Crippen LogP contribution in [0.25, 0.3) is 0 Å². The molecule has 0 radical (unpaired) electrons. The molecule has 0 saturated heterocycles. The number of benzene rings is 1. The Morgan fingerprint density at radius 1 is 1.39 bits per heavy atom.